The highest BCUT2D eigenvalue weighted by molar-refractivity contribution is 5.99. The fraction of sp³-hybridized carbons (Fsp3) is 0.318. The Morgan fingerprint density at radius 1 is 1.14 bits per heavy atom. The number of benzene rings is 2. The summed E-state index contributed by atoms with van der Waals surface area (Å²) >= 11 is 0. The molecule has 1 N–H and O–H groups in total. The highest BCUT2D eigenvalue weighted by Gasteiger charge is 2.23. The third kappa shape index (κ3) is 4.99. The van der Waals surface area contributed by atoms with E-state index in [1.165, 1.54) is 12.1 Å². The van der Waals surface area contributed by atoms with E-state index < -0.39 is 5.97 Å². The molecule has 0 aromatic heterocycles. The van der Waals surface area contributed by atoms with Crippen LogP contribution in [-0.2, 0) is 22.6 Å². The van der Waals surface area contributed by atoms with Gasteiger partial charge in [-0.15, -0.1) is 0 Å². The Morgan fingerprint density at radius 2 is 1.86 bits per heavy atom. The van der Waals surface area contributed by atoms with Crippen LogP contribution in [0.1, 0.15) is 40.7 Å². The zero-order valence-corrected chi connectivity index (χ0v) is 16.2. The van der Waals surface area contributed by atoms with Crippen LogP contribution in [0.25, 0.3) is 0 Å². The molecule has 0 spiro atoms. The molecule has 152 valence electrons. The van der Waals surface area contributed by atoms with Crippen LogP contribution in [0.15, 0.2) is 42.5 Å². The number of rotatable bonds is 7. The fourth-order valence-corrected chi connectivity index (χ4v) is 3.46. The lowest BCUT2D eigenvalue weighted by Crippen LogP contribution is -2.33. The number of carbonyl (C=O) groups excluding carboxylic acids is 2. The van der Waals surface area contributed by atoms with Crippen molar-refractivity contribution in [3.8, 4) is 0 Å². The summed E-state index contributed by atoms with van der Waals surface area (Å²) in [6.45, 7) is 0.534. The third-order valence-electron chi connectivity index (χ3n) is 5.06. The van der Waals surface area contributed by atoms with Crippen molar-refractivity contribution in [1.29, 1.82) is 0 Å². The molecule has 0 atom stereocenters. The van der Waals surface area contributed by atoms with E-state index in [0.717, 1.165) is 16.8 Å². The number of carbonyl (C=O) groups is 3. The Kier molecular flexibility index (Phi) is 6.26. The van der Waals surface area contributed by atoms with Gasteiger partial charge >= 0.3 is 5.97 Å². The first-order valence-electron chi connectivity index (χ1n) is 9.50. The van der Waals surface area contributed by atoms with Gasteiger partial charge < -0.3 is 14.9 Å². The minimum absolute atomic E-state index is 0.0374. The molecule has 1 aliphatic heterocycles. The van der Waals surface area contributed by atoms with Gasteiger partial charge in [-0.05, 0) is 54.3 Å². The largest absolute Gasteiger partial charge is 0.481 e. The number of carboxylic acids is 1. The molecule has 0 saturated carbocycles. The molecule has 0 unspecified atom stereocenters. The number of fused-ring (bicyclic) bond motifs is 1. The number of hydrogen-bond acceptors (Lipinski definition) is 3. The van der Waals surface area contributed by atoms with E-state index in [2.05, 4.69) is 0 Å². The van der Waals surface area contributed by atoms with Gasteiger partial charge in [-0.25, -0.2) is 4.39 Å². The molecular formula is C22H23FN2O4. The van der Waals surface area contributed by atoms with Crippen molar-refractivity contribution in [2.75, 3.05) is 18.5 Å². The Labute approximate surface area is 168 Å². The maximum Gasteiger partial charge on any atom is 0.303 e. The number of hydrogen-bond donors (Lipinski definition) is 1. The van der Waals surface area contributed by atoms with Gasteiger partial charge in [-0.3, -0.25) is 14.4 Å². The summed E-state index contributed by atoms with van der Waals surface area (Å²) in [4.78, 5) is 39.0. The molecular weight excluding hydrogens is 375 g/mol. The van der Waals surface area contributed by atoms with Gasteiger partial charge in [0.2, 0.25) is 5.91 Å². The lowest BCUT2D eigenvalue weighted by Gasteiger charge is -2.27. The van der Waals surface area contributed by atoms with Gasteiger partial charge in [-0.1, -0.05) is 12.1 Å². The monoisotopic (exact) mass is 398 g/mol. The quantitative estimate of drug-likeness (QED) is 0.777. The second kappa shape index (κ2) is 8.86. The second-order valence-corrected chi connectivity index (χ2v) is 7.15. The Balaban J connectivity index is 1.82. The molecule has 0 saturated heterocycles. The minimum Gasteiger partial charge on any atom is -0.481 e. The molecule has 1 aliphatic rings. The topological polar surface area (TPSA) is 77.9 Å². The molecule has 1 heterocycles. The van der Waals surface area contributed by atoms with Crippen LogP contribution in [0.2, 0.25) is 0 Å². The highest BCUT2D eigenvalue weighted by atomic mass is 19.1. The van der Waals surface area contributed by atoms with E-state index in [9.17, 15) is 18.8 Å². The van der Waals surface area contributed by atoms with E-state index in [1.54, 1.807) is 47.2 Å². The Hall–Kier alpha value is -3.22. The van der Waals surface area contributed by atoms with Gasteiger partial charge in [0.15, 0.2) is 0 Å². The summed E-state index contributed by atoms with van der Waals surface area (Å²) < 4.78 is 13.2. The summed E-state index contributed by atoms with van der Waals surface area (Å²) in [6, 6.07) is 11.1. The molecule has 7 heteroatoms. The van der Waals surface area contributed by atoms with Crippen LogP contribution >= 0.6 is 0 Å². The van der Waals surface area contributed by atoms with Gasteiger partial charge in [0.05, 0.1) is 0 Å². The van der Waals surface area contributed by atoms with Crippen molar-refractivity contribution in [1.82, 2.24) is 4.90 Å². The molecule has 0 fully saturated rings. The van der Waals surface area contributed by atoms with Gasteiger partial charge in [0, 0.05) is 44.2 Å². The molecule has 2 amide bonds. The summed E-state index contributed by atoms with van der Waals surface area (Å²) in [5.74, 6) is -1.45. The average molecular weight is 398 g/mol. The molecule has 6 nitrogen and oxygen atoms in total. The van der Waals surface area contributed by atoms with Crippen LogP contribution in [-0.4, -0.2) is 41.4 Å². The third-order valence-corrected chi connectivity index (χ3v) is 5.06. The smallest absolute Gasteiger partial charge is 0.303 e. The van der Waals surface area contributed by atoms with Crippen LogP contribution in [0.5, 0.6) is 0 Å². The number of nitrogens with zero attached hydrogens (tertiary/aromatic N) is 2. The molecule has 3 rings (SSSR count). The summed E-state index contributed by atoms with van der Waals surface area (Å²) in [6.07, 6.45) is 1.27. The molecule has 0 aliphatic carbocycles. The predicted octanol–water partition coefficient (Wildman–Crippen LogP) is 3.24. The van der Waals surface area contributed by atoms with Crippen molar-refractivity contribution in [3.63, 3.8) is 0 Å². The summed E-state index contributed by atoms with van der Waals surface area (Å²) in [5, 5.41) is 8.90. The SMILES string of the molecule is CN1C(=O)CCc2cc(C(=O)N(CCCC(=O)O)Cc3ccc(F)cc3)ccc21. The van der Waals surface area contributed by atoms with Crippen molar-refractivity contribution in [3.05, 3.63) is 65.0 Å². The lowest BCUT2D eigenvalue weighted by atomic mass is 9.98. The van der Waals surface area contributed by atoms with E-state index in [-0.39, 0.29) is 37.1 Å². The number of halogens is 1. The molecule has 2 aromatic rings. The van der Waals surface area contributed by atoms with Gasteiger partial charge in [0.25, 0.3) is 5.91 Å². The maximum atomic E-state index is 13.2. The number of aryl methyl sites for hydroxylation is 1. The average Bonchev–Trinajstić information content (AvgIpc) is 2.70. The molecule has 0 radical (unpaired) electrons. The number of amides is 2. The van der Waals surface area contributed by atoms with Crippen LogP contribution < -0.4 is 4.90 Å². The molecule has 0 bridgehead atoms. The van der Waals surface area contributed by atoms with Crippen LogP contribution in [0.4, 0.5) is 10.1 Å². The molecule has 2 aromatic carbocycles. The van der Waals surface area contributed by atoms with E-state index >= 15 is 0 Å². The molecule has 29 heavy (non-hydrogen) atoms. The minimum atomic E-state index is -0.916. The van der Waals surface area contributed by atoms with Crippen molar-refractivity contribution >= 4 is 23.5 Å². The van der Waals surface area contributed by atoms with Gasteiger partial charge in [0.1, 0.15) is 5.82 Å². The number of aliphatic carboxylic acids is 1. The first kappa shape index (κ1) is 20.5. The Bertz CT molecular complexity index is 927. The normalized spacial score (nSPS) is 13.2. The van der Waals surface area contributed by atoms with Crippen molar-refractivity contribution < 1.29 is 23.9 Å². The van der Waals surface area contributed by atoms with E-state index in [0.29, 0.717) is 24.8 Å². The Morgan fingerprint density at radius 3 is 2.55 bits per heavy atom. The van der Waals surface area contributed by atoms with Crippen LogP contribution in [0, 0.1) is 5.82 Å². The van der Waals surface area contributed by atoms with E-state index in [1.807, 2.05) is 0 Å². The van der Waals surface area contributed by atoms with Crippen molar-refractivity contribution in [2.24, 2.45) is 0 Å². The fourth-order valence-electron chi connectivity index (χ4n) is 3.46. The maximum absolute atomic E-state index is 13.2. The van der Waals surface area contributed by atoms with Gasteiger partial charge in [-0.2, -0.15) is 0 Å². The van der Waals surface area contributed by atoms with Crippen LogP contribution in [0.3, 0.4) is 0 Å². The standard InChI is InChI=1S/C22H23FN2O4/c1-24-19-10-6-17(13-16(19)7-11-20(24)26)22(29)25(12-2-3-21(27)28)14-15-4-8-18(23)9-5-15/h4-6,8-10,13H,2-3,7,11-12,14H2,1H3,(H,27,28). The summed E-state index contributed by atoms with van der Waals surface area (Å²) in [5.41, 5.74) is 2.99. The number of carboxylic acid groups (broad SMARTS) is 1. The predicted molar refractivity (Wildman–Crippen MR) is 106 cm³/mol. The first-order chi connectivity index (χ1) is 13.8. The zero-order valence-electron chi connectivity index (χ0n) is 16.2. The lowest BCUT2D eigenvalue weighted by molar-refractivity contribution is -0.137. The highest BCUT2D eigenvalue weighted by Crippen LogP contribution is 2.28. The zero-order chi connectivity index (χ0) is 21.0. The first-order valence-corrected chi connectivity index (χ1v) is 9.50. The van der Waals surface area contributed by atoms with Crippen molar-refractivity contribution in [2.45, 2.75) is 32.2 Å². The summed E-state index contributed by atoms with van der Waals surface area (Å²) in [7, 11) is 1.72. The second-order valence-electron chi connectivity index (χ2n) is 7.15. The number of anilines is 1. The van der Waals surface area contributed by atoms with E-state index in [4.69, 9.17) is 5.11 Å².